The molecule has 0 fully saturated rings. The first kappa shape index (κ1) is 17.5. The highest BCUT2D eigenvalue weighted by Gasteiger charge is 2.10. The Morgan fingerprint density at radius 1 is 1.33 bits per heavy atom. The van der Waals surface area contributed by atoms with Crippen molar-refractivity contribution in [2.24, 2.45) is 5.73 Å². The van der Waals surface area contributed by atoms with Crippen LogP contribution in [0.15, 0.2) is 24.3 Å². The van der Waals surface area contributed by atoms with Crippen LogP contribution in [0.2, 0.25) is 0 Å². The molecule has 1 atom stereocenters. The van der Waals surface area contributed by atoms with Gasteiger partial charge in [-0.25, -0.2) is 0 Å². The Morgan fingerprint density at radius 3 is 2.67 bits per heavy atom. The van der Waals surface area contributed by atoms with E-state index < -0.39 is 6.04 Å². The van der Waals surface area contributed by atoms with Crippen molar-refractivity contribution >= 4 is 5.91 Å². The molecule has 1 amide bonds. The monoisotopic (exact) mass is 294 g/mol. The van der Waals surface area contributed by atoms with E-state index in [9.17, 15) is 4.79 Å². The van der Waals surface area contributed by atoms with Crippen LogP contribution in [0.1, 0.15) is 31.7 Å². The maximum absolute atomic E-state index is 11.6. The molecule has 0 aliphatic carbocycles. The second-order valence-electron chi connectivity index (χ2n) is 4.94. The summed E-state index contributed by atoms with van der Waals surface area (Å²) in [4.78, 5) is 11.6. The van der Waals surface area contributed by atoms with Crippen LogP contribution in [0, 0.1) is 0 Å². The normalized spacial score (nSPS) is 12.0. The Hall–Kier alpha value is -1.59. The maximum Gasteiger partial charge on any atom is 0.236 e. The lowest BCUT2D eigenvalue weighted by Crippen LogP contribution is -2.40. The van der Waals surface area contributed by atoms with Gasteiger partial charge in [0.05, 0.1) is 19.8 Å². The summed E-state index contributed by atoms with van der Waals surface area (Å²) in [5, 5.41) is 2.82. The molecule has 1 aromatic rings. The number of rotatable bonds is 10. The fraction of sp³-hybridized carbons (Fsp3) is 0.562. The molecular formula is C16H26N2O3. The van der Waals surface area contributed by atoms with Gasteiger partial charge in [-0.15, -0.1) is 0 Å². The quantitative estimate of drug-likeness (QED) is 0.646. The van der Waals surface area contributed by atoms with Gasteiger partial charge in [-0.2, -0.15) is 0 Å². The van der Waals surface area contributed by atoms with Crippen molar-refractivity contribution < 1.29 is 14.3 Å². The molecule has 3 N–H and O–H groups in total. The number of nitrogens with two attached hydrogens (primary N) is 1. The van der Waals surface area contributed by atoms with Crippen LogP contribution in [0.3, 0.4) is 0 Å². The molecule has 0 aliphatic heterocycles. The second kappa shape index (κ2) is 10.2. The molecule has 0 spiro atoms. The van der Waals surface area contributed by atoms with E-state index in [0.29, 0.717) is 19.8 Å². The van der Waals surface area contributed by atoms with Crippen molar-refractivity contribution in [2.75, 3.05) is 20.3 Å². The van der Waals surface area contributed by atoms with Gasteiger partial charge in [0.1, 0.15) is 5.75 Å². The van der Waals surface area contributed by atoms with Crippen molar-refractivity contribution in [3.63, 3.8) is 0 Å². The molecule has 0 bridgehead atoms. The van der Waals surface area contributed by atoms with Crippen molar-refractivity contribution in [1.29, 1.82) is 0 Å². The SMILES string of the molecule is CCCC(N)C(=O)NCCCOCc1ccc(OC)cc1. The van der Waals surface area contributed by atoms with Gasteiger partial charge in [0, 0.05) is 13.2 Å². The van der Waals surface area contributed by atoms with Crippen LogP contribution in [-0.2, 0) is 16.1 Å². The zero-order chi connectivity index (χ0) is 15.5. The number of hydrogen-bond acceptors (Lipinski definition) is 4. The average molecular weight is 294 g/mol. The Bertz CT molecular complexity index is 406. The second-order valence-corrected chi connectivity index (χ2v) is 4.94. The summed E-state index contributed by atoms with van der Waals surface area (Å²) in [7, 11) is 1.65. The summed E-state index contributed by atoms with van der Waals surface area (Å²) in [5.74, 6) is 0.761. The predicted molar refractivity (Wildman–Crippen MR) is 83.2 cm³/mol. The van der Waals surface area contributed by atoms with Gasteiger partial charge >= 0.3 is 0 Å². The molecule has 0 saturated carbocycles. The van der Waals surface area contributed by atoms with E-state index >= 15 is 0 Å². The van der Waals surface area contributed by atoms with Gasteiger partial charge in [-0.05, 0) is 30.5 Å². The van der Waals surface area contributed by atoms with Gasteiger partial charge < -0.3 is 20.5 Å². The minimum absolute atomic E-state index is 0.0768. The average Bonchev–Trinajstić information content (AvgIpc) is 2.51. The molecule has 0 heterocycles. The first-order chi connectivity index (χ1) is 10.2. The number of nitrogens with one attached hydrogen (secondary N) is 1. The molecule has 0 saturated heterocycles. The van der Waals surface area contributed by atoms with Crippen molar-refractivity contribution in [2.45, 2.75) is 38.8 Å². The molecule has 1 rings (SSSR count). The minimum atomic E-state index is -0.393. The topological polar surface area (TPSA) is 73.6 Å². The summed E-state index contributed by atoms with van der Waals surface area (Å²) < 4.78 is 10.7. The standard InChI is InChI=1S/C16H26N2O3/c1-3-5-15(17)16(19)18-10-4-11-21-12-13-6-8-14(20-2)9-7-13/h6-9,15H,3-5,10-12,17H2,1-2H3,(H,18,19). The Kier molecular flexibility index (Phi) is 8.47. The lowest BCUT2D eigenvalue weighted by molar-refractivity contribution is -0.122. The minimum Gasteiger partial charge on any atom is -0.497 e. The van der Waals surface area contributed by atoms with E-state index in [-0.39, 0.29) is 5.91 Å². The van der Waals surface area contributed by atoms with E-state index in [4.69, 9.17) is 15.2 Å². The molecule has 0 radical (unpaired) electrons. The van der Waals surface area contributed by atoms with Gasteiger partial charge in [0.15, 0.2) is 0 Å². The molecule has 1 aromatic carbocycles. The molecule has 21 heavy (non-hydrogen) atoms. The van der Waals surface area contributed by atoms with Gasteiger partial charge in [-0.3, -0.25) is 4.79 Å². The molecule has 118 valence electrons. The number of ether oxygens (including phenoxy) is 2. The molecule has 5 nitrogen and oxygen atoms in total. The largest absolute Gasteiger partial charge is 0.497 e. The predicted octanol–water partition coefficient (Wildman–Crippen LogP) is 1.85. The zero-order valence-electron chi connectivity index (χ0n) is 12.9. The summed E-state index contributed by atoms with van der Waals surface area (Å²) in [6.45, 7) is 3.78. The number of carbonyl (C=O) groups excluding carboxylic acids is 1. The summed E-state index contributed by atoms with van der Waals surface area (Å²) in [6, 6.07) is 7.38. The van der Waals surface area contributed by atoms with Crippen LogP contribution >= 0.6 is 0 Å². The molecule has 0 aromatic heterocycles. The smallest absolute Gasteiger partial charge is 0.236 e. The van der Waals surface area contributed by atoms with E-state index in [1.54, 1.807) is 7.11 Å². The Balaban J connectivity index is 2.07. The first-order valence-corrected chi connectivity index (χ1v) is 7.41. The summed E-state index contributed by atoms with van der Waals surface area (Å²) in [5.41, 5.74) is 6.82. The highest BCUT2D eigenvalue weighted by atomic mass is 16.5. The van der Waals surface area contributed by atoms with Crippen LogP contribution in [0.5, 0.6) is 5.75 Å². The number of methoxy groups -OCH3 is 1. The number of amides is 1. The Labute approximate surface area is 126 Å². The van der Waals surface area contributed by atoms with E-state index in [2.05, 4.69) is 5.32 Å². The number of hydrogen-bond donors (Lipinski definition) is 2. The first-order valence-electron chi connectivity index (χ1n) is 7.41. The number of carbonyl (C=O) groups is 1. The van der Waals surface area contributed by atoms with Crippen molar-refractivity contribution in [3.8, 4) is 5.75 Å². The van der Waals surface area contributed by atoms with Gasteiger partial charge in [0.25, 0.3) is 0 Å². The lowest BCUT2D eigenvalue weighted by atomic mass is 10.2. The molecule has 5 heteroatoms. The number of benzene rings is 1. The zero-order valence-corrected chi connectivity index (χ0v) is 12.9. The third kappa shape index (κ3) is 7.11. The van der Waals surface area contributed by atoms with Crippen LogP contribution in [0.25, 0.3) is 0 Å². The van der Waals surface area contributed by atoms with Crippen LogP contribution < -0.4 is 15.8 Å². The van der Waals surface area contributed by atoms with Crippen LogP contribution in [0.4, 0.5) is 0 Å². The molecule has 0 aliphatic rings. The van der Waals surface area contributed by atoms with Crippen molar-refractivity contribution in [1.82, 2.24) is 5.32 Å². The highest BCUT2D eigenvalue weighted by molar-refractivity contribution is 5.81. The fourth-order valence-electron chi connectivity index (χ4n) is 1.87. The van der Waals surface area contributed by atoms with Gasteiger partial charge in [0.2, 0.25) is 5.91 Å². The third-order valence-corrected chi connectivity index (χ3v) is 3.13. The van der Waals surface area contributed by atoms with E-state index in [0.717, 1.165) is 30.6 Å². The van der Waals surface area contributed by atoms with Crippen LogP contribution in [-0.4, -0.2) is 32.2 Å². The summed E-state index contributed by atoms with van der Waals surface area (Å²) >= 11 is 0. The summed E-state index contributed by atoms with van der Waals surface area (Å²) in [6.07, 6.45) is 2.42. The maximum atomic E-state index is 11.6. The highest BCUT2D eigenvalue weighted by Crippen LogP contribution is 2.11. The molecular weight excluding hydrogens is 268 g/mol. The molecule has 1 unspecified atom stereocenters. The Morgan fingerprint density at radius 2 is 2.05 bits per heavy atom. The third-order valence-electron chi connectivity index (χ3n) is 3.13. The lowest BCUT2D eigenvalue weighted by Gasteiger charge is -2.11. The van der Waals surface area contributed by atoms with E-state index in [1.807, 2.05) is 31.2 Å². The van der Waals surface area contributed by atoms with Gasteiger partial charge in [-0.1, -0.05) is 25.5 Å². The fourth-order valence-corrected chi connectivity index (χ4v) is 1.87. The van der Waals surface area contributed by atoms with E-state index in [1.165, 1.54) is 0 Å². The van der Waals surface area contributed by atoms with Crippen molar-refractivity contribution in [3.05, 3.63) is 29.8 Å².